The zero-order valence-corrected chi connectivity index (χ0v) is 10.3. The molecule has 0 radical (unpaired) electrons. The van der Waals surface area contributed by atoms with Gasteiger partial charge in [0.25, 0.3) is 0 Å². The third-order valence-electron chi connectivity index (χ3n) is 1.13. The van der Waals surface area contributed by atoms with Crippen LogP contribution in [0.3, 0.4) is 0 Å². The molecule has 0 fully saturated rings. The van der Waals surface area contributed by atoms with Crippen LogP contribution in [0.25, 0.3) is 0 Å². The summed E-state index contributed by atoms with van der Waals surface area (Å²) in [5, 5.41) is 8.87. The van der Waals surface area contributed by atoms with Crippen molar-refractivity contribution in [3.63, 3.8) is 0 Å². The molecule has 0 heterocycles. The molecule has 0 aromatic carbocycles. The average molecular weight is 300 g/mol. The molecular formula is C8H14IO2P. The second-order valence-corrected chi connectivity index (χ2v) is 4.20. The third-order valence-corrected chi connectivity index (χ3v) is 2.37. The molecule has 0 aliphatic carbocycles. The maximum absolute atomic E-state index is 8.87. The molecule has 1 N–H and O–H groups in total. The molecule has 0 rings (SSSR count). The van der Waals surface area contributed by atoms with E-state index in [1.165, 1.54) is 0 Å². The van der Waals surface area contributed by atoms with Crippen molar-refractivity contribution in [2.75, 3.05) is 6.61 Å². The largest absolute Gasteiger partial charge is 0.392 e. The molecule has 0 aromatic heterocycles. The maximum Gasteiger partial charge on any atom is 0.0793 e. The summed E-state index contributed by atoms with van der Waals surface area (Å²) in [6.07, 6.45) is 2.13. The number of aliphatic hydroxyl groups excluding tert-OH is 1. The van der Waals surface area contributed by atoms with Crippen LogP contribution in [0.5, 0.6) is 0 Å². The second kappa shape index (κ2) is 9.73. The Morgan fingerprint density at radius 1 is 1.58 bits per heavy atom. The number of unbranched alkanes of at least 4 members (excludes halogenated alkanes) is 1. The van der Waals surface area contributed by atoms with E-state index < -0.39 is 0 Å². The first-order chi connectivity index (χ1) is 5.77. The first-order valence-corrected chi connectivity index (χ1v) is 7.91. The van der Waals surface area contributed by atoms with Gasteiger partial charge in [0, 0.05) is 12.8 Å². The van der Waals surface area contributed by atoms with E-state index in [4.69, 9.17) is 9.63 Å². The van der Waals surface area contributed by atoms with Crippen molar-refractivity contribution in [2.45, 2.75) is 32.3 Å². The molecule has 0 aliphatic rings. The summed E-state index contributed by atoms with van der Waals surface area (Å²) in [4.78, 5) is 0. The monoisotopic (exact) mass is 300 g/mol. The van der Waals surface area contributed by atoms with Crippen LogP contribution >= 0.6 is 28.5 Å². The second-order valence-electron chi connectivity index (χ2n) is 2.44. The van der Waals surface area contributed by atoms with Gasteiger partial charge < -0.3 is 9.63 Å². The lowest BCUT2D eigenvalue weighted by Gasteiger charge is -1.95. The van der Waals surface area contributed by atoms with Crippen LogP contribution in [-0.4, -0.2) is 17.8 Å². The molecule has 0 aromatic rings. The Labute approximate surface area is 88.8 Å². The zero-order chi connectivity index (χ0) is 9.23. The fourth-order valence-electron chi connectivity index (χ4n) is 0.580. The van der Waals surface area contributed by atoms with Gasteiger partial charge in [0.05, 0.1) is 19.2 Å². The highest BCUT2D eigenvalue weighted by Crippen LogP contribution is 2.21. The molecule has 0 saturated carbocycles. The minimum Gasteiger partial charge on any atom is -0.392 e. The van der Waals surface area contributed by atoms with Crippen LogP contribution in [0.15, 0.2) is 0 Å². The lowest BCUT2D eigenvalue weighted by molar-refractivity contribution is 0.201. The Morgan fingerprint density at radius 3 is 2.92 bits per heavy atom. The fraction of sp³-hybridized carbons (Fsp3) is 0.750. The molecular weight excluding hydrogens is 286 g/mol. The van der Waals surface area contributed by atoms with Crippen LogP contribution in [0, 0.1) is 11.8 Å². The van der Waals surface area contributed by atoms with Gasteiger partial charge in [-0.1, -0.05) is 0 Å². The topological polar surface area (TPSA) is 29.5 Å². The minimum absolute atomic E-state index is 0.301. The van der Waals surface area contributed by atoms with Crippen molar-refractivity contribution in [1.29, 1.82) is 0 Å². The number of rotatable bonds is 5. The summed E-state index contributed by atoms with van der Waals surface area (Å²) < 4.78 is 5.16. The van der Waals surface area contributed by atoms with Crippen LogP contribution in [0.1, 0.15) is 26.2 Å². The summed E-state index contributed by atoms with van der Waals surface area (Å²) in [6, 6.07) is 0. The van der Waals surface area contributed by atoms with Crippen molar-refractivity contribution in [3.05, 3.63) is 0 Å². The van der Waals surface area contributed by atoms with E-state index in [1.54, 1.807) is 6.92 Å². The summed E-state index contributed by atoms with van der Waals surface area (Å²) in [5.41, 5.74) is 0. The smallest absolute Gasteiger partial charge is 0.0793 e. The summed E-state index contributed by atoms with van der Waals surface area (Å²) in [5.74, 6) is 5.89. The van der Waals surface area contributed by atoms with E-state index in [1.807, 2.05) is 0 Å². The average Bonchev–Trinajstić information content (AvgIpc) is 2.02. The van der Waals surface area contributed by atoms with Gasteiger partial charge in [0.1, 0.15) is 0 Å². The number of aliphatic hydroxyl groups is 1. The molecule has 2 atom stereocenters. The van der Waals surface area contributed by atoms with E-state index in [2.05, 4.69) is 33.9 Å². The number of hydrogen-bond donors (Lipinski definition) is 1. The highest BCUT2D eigenvalue weighted by Gasteiger charge is 1.88. The Balaban J connectivity index is 3.10. The minimum atomic E-state index is -0.301. The standard InChI is InChI=1S/C8H14IO2P/c1-8(10)6-4-2-3-5-7-11-12-9/h8,10,12H,3,5-7H2,1H3/t8-/m1/s1. The van der Waals surface area contributed by atoms with E-state index in [9.17, 15) is 0 Å². The van der Waals surface area contributed by atoms with E-state index in [0.29, 0.717) is 12.9 Å². The predicted octanol–water partition coefficient (Wildman–Crippen LogP) is 2.50. The molecule has 1 unspecified atom stereocenters. The Bertz CT molecular complexity index is 151. The summed E-state index contributed by atoms with van der Waals surface area (Å²) in [6.45, 7) is 3.09. The van der Waals surface area contributed by atoms with Gasteiger partial charge >= 0.3 is 0 Å². The van der Waals surface area contributed by atoms with Crippen molar-refractivity contribution in [1.82, 2.24) is 0 Å². The van der Waals surface area contributed by atoms with Gasteiger partial charge in [-0.25, -0.2) is 0 Å². The Kier molecular flexibility index (Phi) is 10.2. The lowest BCUT2D eigenvalue weighted by Crippen LogP contribution is -1.95. The highest BCUT2D eigenvalue weighted by atomic mass is 127. The number of halogens is 1. The van der Waals surface area contributed by atoms with Gasteiger partial charge in [-0.3, -0.25) is 0 Å². The molecule has 0 saturated heterocycles. The fourth-order valence-corrected chi connectivity index (χ4v) is 1.46. The maximum atomic E-state index is 8.87. The van der Waals surface area contributed by atoms with Gasteiger partial charge in [-0.15, -0.1) is 11.8 Å². The van der Waals surface area contributed by atoms with E-state index in [0.717, 1.165) is 19.4 Å². The first-order valence-electron chi connectivity index (χ1n) is 3.88. The molecule has 0 bridgehead atoms. The molecule has 0 aliphatic heterocycles. The first kappa shape index (κ1) is 12.6. The van der Waals surface area contributed by atoms with Crippen LogP contribution in [0.4, 0.5) is 0 Å². The SMILES string of the molecule is C[C@@H](O)CC#CCCCOPI. The normalized spacial score (nSPS) is 12.9. The number of hydrogen-bond acceptors (Lipinski definition) is 2. The molecule has 12 heavy (non-hydrogen) atoms. The Morgan fingerprint density at radius 2 is 2.33 bits per heavy atom. The van der Waals surface area contributed by atoms with Crippen molar-refractivity contribution < 1.29 is 9.63 Å². The van der Waals surface area contributed by atoms with Gasteiger partial charge in [-0.2, -0.15) is 0 Å². The molecule has 70 valence electrons. The van der Waals surface area contributed by atoms with Crippen LogP contribution < -0.4 is 0 Å². The molecule has 4 heteroatoms. The van der Waals surface area contributed by atoms with Gasteiger partial charge in [-0.05, 0) is 35.4 Å². The van der Waals surface area contributed by atoms with Gasteiger partial charge in [0.15, 0.2) is 0 Å². The van der Waals surface area contributed by atoms with E-state index >= 15 is 0 Å². The molecule has 0 spiro atoms. The highest BCUT2D eigenvalue weighted by molar-refractivity contribution is 14.2. The van der Waals surface area contributed by atoms with Crippen LogP contribution in [0.2, 0.25) is 0 Å². The molecule has 0 amide bonds. The predicted molar refractivity (Wildman–Crippen MR) is 61.6 cm³/mol. The van der Waals surface area contributed by atoms with Crippen LogP contribution in [-0.2, 0) is 4.52 Å². The quantitative estimate of drug-likeness (QED) is 0.366. The van der Waals surface area contributed by atoms with Crippen molar-refractivity contribution in [2.24, 2.45) is 0 Å². The van der Waals surface area contributed by atoms with Crippen molar-refractivity contribution in [3.8, 4) is 11.8 Å². The third kappa shape index (κ3) is 10.6. The van der Waals surface area contributed by atoms with Crippen molar-refractivity contribution >= 4 is 28.5 Å². The van der Waals surface area contributed by atoms with E-state index in [-0.39, 0.29) is 6.10 Å². The summed E-state index contributed by atoms with van der Waals surface area (Å²) >= 11 is 2.20. The zero-order valence-electron chi connectivity index (χ0n) is 7.14. The Hall–Kier alpha value is 0.640. The summed E-state index contributed by atoms with van der Waals surface area (Å²) in [7, 11) is 0. The molecule has 2 nitrogen and oxygen atoms in total. The van der Waals surface area contributed by atoms with Gasteiger partial charge in [0.2, 0.25) is 0 Å². The lowest BCUT2D eigenvalue weighted by atomic mass is 10.2.